The molecule has 6 nitrogen and oxygen atoms in total. The number of nitrogens with zero attached hydrogens (tertiary/aromatic N) is 1. The van der Waals surface area contributed by atoms with Crippen LogP contribution in [-0.4, -0.2) is 35.8 Å². The molecule has 8 heteroatoms. The first-order valence-electron chi connectivity index (χ1n) is 7.11. The zero-order valence-corrected chi connectivity index (χ0v) is 14.2. The van der Waals surface area contributed by atoms with Crippen molar-refractivity contribution >= 4 is 41.0 Å². The minimum Gasteiger partial charge on any atom is -0.339 e. The number of hydrogen-bond acceptors (Lipinski definition) is 3. The topological polar surface area (TPSA) is 78.5 Å². The molecule has 1 fully saturated rings. The van der Waals surface area contributed by atoms with Gasteiger partial charge in [0.2, 0.25) is 5.91 Å². The van der Waals surface area contributed by atoms with Crippen LogP contribution in [0.15, 0.2) is 18.2 Å². The molecule has 2 rings (SSSR count). The Morgan fingerprint density at radius 3 is 2.61 bits per heavy atom. The van der Waals surface area contributed by atoms with Crippen LogP contribution in [0, 0.1) is 0 Å². The standard InChI is InChI=1S/C15H17Cl2N3O3/c1-8(10-4-3-9(16)7-11(10)17)20(2)13(21)6-5-12-14(22)19-15(23)18-12/h3-4,7-8,12H,5-6H2,1-2H3,(H2,18,19,22,23)/t8-,12+/m0/s1. The lowest BCUT2D eigenvalue weighted by Crippen LogP contribution is -2.33. The summed E-state index contributed by atoms with van der Waals surface area (Å²) in [6.07, 6.45) is 0.395. The predicted octanol–water partition coefficient (Wildman–Crippen LogP) is 2.50. The average molecular weight is 358 g/mol. The summed E-state index contributed by atoms with van der Waals surface area (Å²) in [6.45, 7) is 1.86. The van der Waals surface area contributed by atoms with Crippen molar-refractivity contribution in [2.75, 3.05) is 7.05 Å². The number of rotatable bonds is 5. The van der Waals surface area contributed by atoms with E-state index in [1.54, 1.807) is 30.1 Å². The number of carbonyl (C=O) groups is 3. The average Bonchev–Trinajstić information content (AvgIpc) is 2.81. The van der Waals surface area contributed by atoms with E-state index < -0.39 is 18.0 Å². The molecule has 1 aromatic rings. The molecular weight excluding hydrogens is 341 g/mol. The van der Waals surface area contributed by atoms with E-state index in [1.807, 2.05) is 6.92 Å². The Bertz CT molecular complexity index is 651. The van der Waals surface area contributed by atoms with Crippen LogP contribution in [0.2, 0.25) is 10.0 Å². The maximum Gasteiger partial charge on any atom is 0.322 e. The second-order valence-corrected chi connectivity index (χ2v) is 6.24. The molecule has 23 heavy (non-hydrogen) atoms. The second-order valence-electron chi connectivity index (χ2n) is 5.40. The molecule has 0 unspecified atom stereocenters. The van der Waals surface area contributed by atoms with E-state index in [-0.39, 0.29) is 24.8 Å². The minimum absolute atomic E-state index is 0.141. The van der Waals surface area contributed by atoms with Crippen LogP contribution in [-0.2, 0) is 9.59 Å². The number of nitrogens with one attached hydrogen (secondary N) is 2. The van der Waals surface area contributed by atoms with Crippen LogP contribution in [0.25, 0.3) is 0 Å². The van der Waals surface area contributed by atoms with E-state index >= 15 is 0 Å². The van der Waals surface area contributed by atoms with Gasteiger partial charge in [0.05, 0.1) is 6.04 Å². The zero-order valence-electron chi connectivity index (χ0n) is 12.7. The first-order valence-corrected chi connectivity index (χ1v) is 7.87. The van der Waals surface area contributed by atoms with E-state index in [2.05, 4.69) is 10.6 Å². The van der Waals surface area contributed by atoms with Gasteiger partial charge in [-0.3, -0.25) is 14.9 Å². The first-order chi connectivity index (χ1) is 10.8. The Morgan fingerprint density at radius 2 is 2.04 bits per heavy atom. The fraction of sp³-hybridized carbons (Fsp3) is 0.400. The molecule has 0 aromatic heterocycles. The molecule has 0 spiro atoms. The highest BCUT2D eigenvalue weighted by Crippen LogP contribution is 2.29. The third-order valence-corrected chi connectivity index (χ3v) is 4.45. The number of halogens is 2. The summed E-state index contributed by atoms with van der Waals surface area (Å²) in [7, 11) is 1.67. The van der Waals surface area contributed by atoms with Gasteiger partial charge >= 0.3 is 6.03 Å². The number of imide groups is 1. The van der Waals surface area contributed by atoms with Gasteiger partial charge < -0.3 is 10.2 Å². The number of benzene rings is 1. The summed E-state index contributed by atoms with van der Waals surface area (Å²) < 4.78 is 0. The quantitative estimate of drug-likeness (QED) is 0.794. The Balaban J connectivity index is 1.96. The van der Waals surface area contributed by atoms with Crippen molar-refractivity contribution in [2.45, 2.75) is 31.8 Å². The molecule has 124 valence electrons. The molecule has 2 atom stereocenters. The van der Waals surface area contributed by atoms with E-state index in [9.17, 15) is 14.4 Å². The van der Waals surface area contributed by atoms with Crippen molar-refractivity contribution in [3.05, 3.63) is 33.8 Å². The normalized spacial score (nSPS) is 18.3. The van der Waals surface area contributed by atoms with Gasteiger partial charge in [-0.05, 0) is 31.0 Å². The van der Waals surface area contributed by atoms with Gasteiger partial charge in [0.15, 0.2) is 0 Å². The third-order valence-electron chi connectivity index (χ3n) is 3.89. The summed E-state index contributed by atoms with van der Waals surface area (Å²) in [5, 5.41) is 5.63. The van der Waals surface area contributed by atoms with Gasteiger partial charge in [-0.25, -0.2) is 4.79 Å². The van der Waals surface area contributed by atoms with E-state index in [0.717, 1.165) is 5.56 Å². The number of amides is 4. The number of carbonyl (C=O) groups excluding carboxylic acids is 3. The van der Waals surface area contributed by atoms with Crippen molar-refractivity contribution in [3.63, 3.8) is 0 Å². The van der Waals surface area contributed by atoms with Crippen molar-refractivity contribution in [2.24, 2.45) is 0 Å². The number of urea groups is 1. The van der Waals surface area contributed by atoms with Gasteiger partial charge in [-0.2, -0.15) is 0 Å². The Hall–Kier alpha value is -1.79. The molecule has 1 aromatic carbocycles. The molecule has 0 saturated carbocycles. The Kier molecular flexibility index (Phi) is 5.49. The summed E-state index contributed by atoms with van der Waals surface area (Å²) in [5.41, 5.74) is 0.791. The van der Waals surface area contributed by atoms with E-state index in [1.165, 1.54) is 0 Å². The highest BCUT2D eigenvalue weighted by Gasteiger charge is 2.30. The smallest absolute Gasteiger partial charge is 0.322 e. The van der Waals surface area contributed by atoms with Gasteiger partial charge in [0.25, 0.3) is 5.91 Å². The largest absolute Gasteiger partial charge is 0.339 e. The van der Waals surface area contributed by atoms with Crippen LogP contribution >= 0.6 is 23.2 Å². The highest BCUT2D eigenvalue weighted by molar-refractivity contribution is 6.35. The van der Waals surface area contributed by atoms with Crippen molar-refractivity contribution in [1.29, 1.82) is 0 Å². The van der Waals surface area contributed by atoms with Gasteiger partial charge in [0, 0.05) is 23.5 Å². The lowest BCUT2D eigenvalue weighted by molar-refractivity contribution is -0.132. The maximum atomic E-state index is 12.3. The third kappa shape index (κ3) is 4.14. The summed E-state index contributed by atoms with van der Waals surface area (Å²) in [5.74, 6) is -0.545. The molecule has 1 aliphatic heterocycles. The molecule has 1 heterocycles. The minimum atomic E-state index is -0.658. The summed E-state index contributed by atoms with van der Waals surface area (Å²) in [4.78, 5) is 36.3. The van der Waals surface area contributed by atoms with Gasteiger partial charge in [-0.1, -0.05) is 29.3 Å². The maximum absolute atomic E-state index is 12.3. The van der Waals surface area contributed by atoms with E-state index in [4.69, 9.17) is 23.2 Å². The van der Waals surface area contributed by atoms with Crippen molar-refractivity contribution in [3.8, 4) is 0 Å². The molecule has 0 radical (unpaired) electrons. The fourth-order valence-corrected chi connectivity index (χ4v) is 2.94. The van der Waals surface area contributed by atoms with Crippen LogP contribution in [0.5, 0.6) is 0 Å². The summed E-state index contributed by atoms with van der Waals surface area (Å²) >= 11 is 12.0. The second kappa shape index (κ2) is 7.19. The molecule has 1 aliphatic rings. The van der Waals surface area contributed by atoms with Crippen LogP contribution in [0.3, 0.4) is 0 Å². The predicted molar refractivity (Wildman–Crippen MR) is 87.3 cm³/mol. The molecule has 1 saturated heterocycles. The molecular formula is C15H17Cl2N3O3. The van der Waals surface area contributed by atoms with Crippen molar-refractivity contribution < 1.29 is 14.4 Å². The SMILES string of the molecule is C[C@@H](c1ccc(Cl)cc1Cl)N(C)C(=O)CC[C@H]1NC(=O)NC1=O. The monoisotopic (exact) mass is 357 g/mol. The first kappa shape index (κ1) is 17.6. The zero-order chi connectivity index (χ0) is 17.1. The lowest BCUT2D eigenvalue weighted by Gasteiger charge is -2.26. The molecule has 0 aliphatic carbocycles. The molecule has 4 amide bonds. The van der Waals surface area contributed by atoms with Crippen molar-refractivity contribution in [1.82, 2.24) is 15.5 Å². The molecule has 0 bridgehead atoms. The highest BCUT2D eigenvalue weighted by atomic mass is 35.5. The van der Waals surface area contributed by atoms with Crippen LogP contribution in [0.1, 0.15) is 31.4 Å². The summed E-state index contributed by atoms with van der Waals surface area (Å²) in [6, 6.07) is 3.71. The number of hydrogen-bond donors (Lipinski definition) is 2. The van der Waals surface area contributed by atoms with Crippen LogP contribution < -0.4 is 10.6 Å². The van der Waals surface area contributed by atoms with Gasteiger partial charge in [-0.15, -0.1) is 0 Å². The lowest BCUT2D eigenvalue weighted by atomic mass is 10.1. The van der Waals surface area contributed by atoms with Crippen LogP contribution in [0.4, 0.5) is 4.79 Å². The molecule has 2 N–H and O–H groups in total. The Morgan fingerprint density at radius 1 is 1.35 bits per heavy atom. The van der Waals surface area contributed by atoms with Gasteiger partial charge in [0.1, 0.15) is 6.04 Å². The Labute approximate surface area is 144 Å². The van der Waals surface area contributed by atoms with E-state index in [0.29, 0.717) is 10.0 Å². The fourth-order valence-electron chi connectivity index (χ4n) is 2.37.